The predicted octanol–water partition coefficient (Wildman–Crippen LogP) is 4.13. The smallest absolute Gasteiger partial charge is 0.194 e. The molecule has 0 rings (SSSR count). The Bertz CT molecular complexity index is 112. The van der Waals surface area contributed by atoms with Gasteiger partial charge in [0.1, 0.15) is 5.56 Å². The van der Waals surface area contributed by atoms with Crippen molar-refractivity contribution < 1.29 is 4.74 Å². The number of hydrogen-bond acceptors (Lipinski definition) is 1. The average molecular weight is 254 g/mol. The number of hydrogen-bond donors (Lipinski definition) is 0. The SMILES string of the molecule is CCCCOC(Cl)CC(Cl)(Cl)Cl. The van der Waals surface area contributed by atoms with Crippen molar-refractivity contribution in [2.24, 2.45) is 0 Å². The molecule has 74 valence electrons. The summed E-state index contributed by atoms with van der Waals surface area (Å²) in [5.41, 5.74) is -0.510. The number of ether oxygens (including phenoxy) is 1. The van der Waals surface area contributed by atoms with Crippen LogP contribution in [0.3, 0.4) is 0 Å². The maximum atomic E-state index is 5.73. The zero-order valence-corrected chi connectivity index (χ0v) is 9.85. The van der Waals surface area contributed by atoms with E-state index in [1.165, 1.54) is 0 Å². The van der Waals surface area contributed by atoms with E-state index in [4.69, 9.17) is 51.1 Å². The summed E-state index contributed by atoms with van der Waals surface area (Å²) in [6.45, 7) is 2.69. The third-order valence-electron chi connectivity index (χ3n) is 1.19. The van der Waals surface area contributed by atoms with Crippen molar-refractivity contribution in [1.29, 1.82) is 0 Å². The first-order valence-electron chi connectivity index (χ1n) is 3.78. The second kappa shape index (κ2) is 6.56. The molecular weight excluding hydrogens is 242 g/mol. The quantitative estimate of drug-likeness (QED) is 0.529. The fourth-order valence-corrected chi connectivity index (χ4v) is 1.57. The summed E-state index contributed by atoms with van der Waals surface area (Å²) >= 11 is 22.2. The van der Waals surface area contributed by atoms with E-state index in [1.54, 1.807) is 0 Å². The van der Waals surface area contributed by atoms with Crippen molar-refractivity contribution in [3.63, 3.8) is 0 Å². The van der Waals surface area contributed by atoms with Gasteiger partial charge in [0.2, 0.25) is 0 Å². The minimum atomic E-state index is -1.32. The van der Waals surface area contributed by atoms with Crippen LogP contribution in [0.2, 0.25) is 0 Å². The van der Waals surface area contributed by atoms with Crippen LogP contribution in [-0.2, 0) is 4.74 Å². The van der Waals surface area contributed by atoms with E-state index in [2.05, 4.69) is 6.92 Å². The molecule has 0 bridgehead atoms. The second-order valence-electron chi connectivity index (χ2n) is 2.45. The molecule has 0 aliphatic carbocycles. The molecule has 0 aromatic carbocycles. The molecule has 0 fully saturated rings. The Morgan fingerprint density at radius 1 is 1.33 bits per heavy atom. The normalized spacial score (nSPS) is 14.8. The summed E-state index contributed by atoms with van der Waals surface area (Å²) in [5.74, 6) is 0. The van der Waals surface area contributed by atoms with Gasteiger partial charge in [-0.05, 0) is 6.42 Å². The molecule has 0 heterocycles. The van der Waals surface area contributed by atoms with Crippen LogP contribution in [0, 0.1) is 0 Å². The van der Waals surface area contributed by atoms with E-state index in [-0.39, 0.29) is 6.42 Å². The molecular formula is C7H12Cl4O. The molecule has 0 aromatic rings. The lowest BCUT2D eigenvalue weighted by Crippen LogP contribution is -2.15. The van der Waals surface area contributed by atoms with Gasteiger partial charge < -0.3 is 4.74 Å². The topological polar surface area (TPSA) is 9.23 Å². The lowest BCUT2D eigenvalue weighted by molar-refractivity contribution is 0.100. The molecule has 12 heavy (non-hydrogen) atoms. The second-order valence-corrected chi connectivity index (χ2v) is 5.46. The van der Waals surface area contributed by atoms with Gasteiger partial charge in [-0.3, -0.25) is 0 Å². The maximum Gasteiger partial charge on any atom is 0.194 e. The maximum absolute atomic E-state index is 5.73. The van der Waals surface area contributed by atoms with Gasteiger partial charge in [0, 0.05) is 13.0 Å². The van der Waals surface area contributed by atoms with Gasteiger partial charge in [0.15, 0.2) is 3.79 Å². The van der Waals surface area contributed by atoms with E-state index in [0.29, 0.717) is 6.61 Å². The number of halogens is 4. The molecule has 0 aliphatic heterocycles. The highest BCUT2D eigenvalue weighted by Gasteiger charge is 2.24. The van der Waals surface area contributed by atoms with Crippen LogP contribution in [0.5, 0.6) is 0 Å². The highest BCUT2D eigenvalue weighted by molar-refractivity contribution is 6.67. The van der Waals surface area contributed by atoms with Crippen molar-refractivity contribution in [2.75, 3.05) is 6.61 Å². The summed E-state index contributed by atoms with van der Waals surface area (Å²) < 4.78 is 3.85. The minimum Gasteiger partial charge on any atom is -0.362 e. The van der Waals surface area contributed by atoms with Crippen LogP contribution in [-0.4, -0.2) is 16.0 Å². The Balaban J connectivity index is 3.40. The first kappa shape index (κ1) is 13.1. The summed E-state index contributed by atoms with van der Waals surface area (Å²) in [5, 5.41) is 0. The Kier molecular flexibility index (Phi) is 7.17. The molecule has 0 spiro atoms. The summed E-state index contributed by atoms with van der Waals surface area (Å²) in [4.78, 5) is 0. The van der Waals surface area contributed by atoms with Crippen LogP contribution in [0.4, 0.5) is 0 Å². The van der Waals surface area contributed by atoms with Crippen molar-refractivity contribution in [3.8, 4) is 0 Å². The molecule has 1 atom stereocenters. The summed E-state index contributed by atoms with van der Waals surface area (Å²) in [7, 11) is 0. The zero-order valence-electron chi connectivity index (χ0n) is 6.83. The minimum absolute atomic E-state index is 0.211. The standard InChI is InChI=1S/C7H12Cl4O/c1-2-3-4-12-6(8)5-7(9,10)11/h6H,2-5H2,1H3. The first-order chi connectivity index (χ1) is 5.45. The van der Waals surface area contributed by atoms with E-state index in [9.17, 15) is 0 Å². The van der Waals surface area contributed by atoms with Gasteiger partial charge in [-0.1, -0.05) is 59.7 Å². The molecule has 1 nitrogen and oxygen atoms in total. The molecule has 0 amide bonds. The fraction of sp³-hybridized carbons (Fsp3) is 1.00. The van der Waals surface area contributed by atoms with Crippen LogP contribution in [0.1, 0.15) is 26.2 Å². The summed E-state index contributed by atoms with van der Waals surface area (Å²) in [6, 6.07) is 0. The molecule has 0 aromatic heterocycles. The van der Waals surface area contributed by atoms with E-state index >= 15 is 0 Å². The molecule has 0 N–H and O–H groups in total. The van der Waals surface area contributed by atoms with Crippen LogP contribution >= 0.6 is 46.4 Å². The predicted molar refractivity (Wildman–Crippen MR) is 55.4 cm³/mol. The van der Waals surface area contributed by atoms with Gasteiger partial charge in [-0.15, -0.1) is 0 Å². The van der Waals surface area contributed by atoms with Crippen LogP contribution in [0.25, 0.3) is 0 Å². The van der Waals surface area contributed by atoms with Crippen LogP contribution in [0.15, 0.2) is 0 Å². The summed E-state index contributed by atoms with van der Waals surface area (Å²) in [6.07, 6.45) is 2.25. The monoisotopic (exact) mass is 252 g/mol. The lowest BCUT2D eigenvalue weighted by atomic mass is 10.4. The van der Waals surface area contributed by atoms with Gasteiger partial charge in [0.25, 0.3) is 0 Å². The average Bonchev–Trinajstić information content (AvgIpc) is 1.84. The van der Waals surface area contributed by atoms with Crippen molar-refractivity contribution in [2.45, 2.75) is 35.5 Å². The highest BCUT2D eigenvalue weighted by atomic mass is 35.6. The zero-order chi connectivity index (χ0) is 9.61. The van der Waals surface area contributed by atoms with Gasteiger partial charge >= 0.3 is 0 Å². The van der Waals surface area contributed by atoms with Gasteiger partial charge in [-0.25, -0.2) is 0 Å². The Labute approximate surface area is 93.3 Å². The Hall–Kier alpha value is 1.12. The van der Waals surface area contributed by atoms with E-state index < -0.39 is 9.36 Å². The van der Waals surface area contributed by atoms with Crippen molar-refractivity contribution >= 4 is 46.4 Å². The molecule has 0 radical (unpaired) electrons. The molecule has 1 unspecified atom stereocenters. The van der Waals surface area contributed by atoms with E-state index in [1.807, 2.05) is 0 Å². The number of unbranched alkanes of at least 4 members (excludes halogenated alkanes) is 1. The molecule has 5 heteroatoms. The van der Waals surface area contributed by atoms with E-state index in [0.717, 1.165) is 12.8 Å². The highest BCUT2D eigenvalue weighted by Crippen LogP contribution is 2.33. The Morgan fingerprint density at radius 3 is 2.33 bits per heavy atom. The van der Waals surface area contributed by atoms with Crippen molar-refractivity contribution in [3.05, 3.63) is 0 Å². The molecule has 0 saturated carbocycles. The van der Waals surface area contributed by atoms with Gasteiger partial charge in [-0.2, -0.15) is 0 Å². The Morgan fingerprint density at radius 2 is 1.92 bits per heavy atom. The third-order valence-corrected chi connectivity index (χ3v) is 1.93. The fourth-order valence-electron chi connectivity index (χ4n) is 0.596. The lowest BCUT2D eigenvalue weighted by Gasteiger charge is -2.15. The van der Waals surface area contributed by atoms with Crippen molar-refractivity contribution in [1.82, 2.24) is 0 Å². The largest absolute Gasteiger partial charge is 0.362 e. The third kappa shape index (κ3) is 9.21. The molecule has 0 aliphatic rings. The van der Waals surface area contributed by atoms with Crippen LogP contribution < -0.4 is 0 Å². The number of alkyl halides is 4. The first-order valence-corrected chi connectivity index (χ1v) is 5.35. The number of rotatable bonds is 5. The van der Waals surface area contributed by atoms with Gasteiger partial charge in [0.05, 0.1) is 0 Å². The molecule has 0 saturated heterocycles.